The van der Waals surface area contributed by atoms with Crippen molar-refractivity contribution in [3.05, 3.63) is 24.3 Å². The summed E-state index contributed by atoms with van der Waals surface area (Å²) < 4.78 is 0. The van der Waals surface area contributed by atoms with Crippen LogP contribution in [0.5, 0.6) is 0 Å². The Kier molecular flexibility index (Phi) is 8.62. The molecule has 1 aliphatic heterocycles. The number of allylic oxidation sites excluding steroid dienone is 2. The Morgan fingerprint density at radius 2 is 1.40 bits per heavy atom. The second-order valence-corrected chi connectivity index (χ2v) is 7.06. The van der Waals surface area contributed by atoms with Crippen LogP contribution in [0.25, 0.3) is 0 Å². The van der Waals surface area contributed by atoms with E-state index in [1.807, 2.05) is 19.9 Å². The van der Waals surface area contributed by atoms with Crippen LogP contribution in [0.1, 0.15) is 47.5 Å². The average molecular weight is 345 g/mol. The predicted molar refractivity (Wildman–Crippen MR) is 105 cm³/mol. The number of ketones is 2. The van der Waals surface area contributed by atoms with Crippen molar-refractivity contribution in [1.82, 2.24) is 4.90 Å². The summed E-state index contributed by atoms with van der Waals surface area (Å²) in [5.74, 6) is 0.238. The number of hydrogen-bond donors (Lipinski definition) is 0. The van der Waals surface area contributed by atoms with Gasteiger partial charge in [0.15, 0.2) is 0 Å². The first-order chi connectivity index (χ1) is 11.7. The number of rotatable bonds is 9. The fourth-order valence-corrected chi connectivity index (χ4v) is 3.21. The molecule has 5 nitrogen and oxygen atoms in total. The predicted octanol–water partition coefficient (Wildman–Crippen LogP) is 3.05. The number of aliphatic imine (C=N–C) groups is 2. The number of Topliss-reactive ketones (excluding diaryl/α,β-unsaturated/α-hetero) is 2. The van der Waals surface area contributed by atoms with E-state index in [1.54, 1.807) is 19.9 Å². The van der Waals surface area contributed by atoms with Crippen LogP contribution in [-0.4, -0.2) is 59.6 Å². The molecule has 0 saturated carbocycles. The third-order valence-corrected chi connectivity index (χ3v) is 3.99. The Labute approximate surface area is 151 Å². The van der Waals surface area contributed by atoms with E-state index in [9.17, 15) is 9.59 Å². The Morgan fingerprint density at radius 3 is 1.76 bits per heavy atom. The van der Waals surface area contributed by atoms with Crippen molar-refractivity contribution in [3.63, 3.8) is 0 Å². The van der Waals surface area contributed by atoms with E-state index in [0.717, 1.165) is 31.1 Å². The van der Waals surface area contributed by atoms with Gasteiger partial charge in [-0.1, -0.05) is 24.3 Å². The van der Waals surface area contributed by atoms with Crippen molar-refractivity contribution in [2.45, 2.75) is 59.5 Å². The fourth-order valence-electron chi connectivity index (χ4n) is 3.21. The van der Waals surface area contributed by atoms with Crippen LogP contribution in [0, 0.1) is 0 Å². The van der Waals surface area contributed by atoms with Crippen LogP contribution in [0.3, 0.4) is 0 Å². The molecular weight excluding hydrogens is 314 g/mol. The summed E-state index contributed by atoms with van der Waals surface area (Å²) in [4.78, 5) is 34.5. The van der Waals surface area contributed by atoms with Crippen LogP contribution in [0.2, 0.25) is 0 Å². The van der Waals surface area contributed by atoms with Gasteiger partial charge in [-0.05, 0) is 34.6 Å². The molecule has 1 saturated heterocycles. The highest BCUT2D eigenvalue weighted by atomic mass is 16.1. The second kappa shape index (κ2) is 10.2. The number of nitrogens with zero attached hydrogens (tertiary/aromatic N) is 3. The molecule has 1 heterocycles. The molecule has 1 fully saturated rings. The quantitative estimate of drug-likeness (QED) is 0.477. The topological polar surface area (TPSA) is 62.1 Å². The van der Waals surface area contributed by atoms with E-state index in [1.165, 1.54) is 5.57 Å². The van der Waals surface area contributed by atoms with Gasteiger partial charge in [0, 0.05) is 43.9 Å². The van der Waals surface area contributed by atoms with Gasteiger partial charge in [0.2, 0.25) is 0 Å². The maximum absolute atomic E-state index is 11.3. The largest absolute Gasteiger partial charge is 0.300 e. The molecule has 1 rings (SSSR count). The lowest BCUT2D eigenvalue weighted by atomic mass is 10.1. The Bertz CT molecular complexity index is 562. The maximum Gasteiger partial charge on any atom is 0.135 e. The smallest absolute Gasteiger partial charge is 0.135 e. The van der Waals surface area contributed by atoms with Gasteiger partial charge >= 0.3 is 0 Å². The van der Waals surface area contributed by atoms with E-state index in [2.05, 4.69) is 18.4 Å². The molecule has 0 aromatic carbocycles. The lowest BCUT2D eigenvalue weighted by Crippen LogP contribution is -2.23. The summed E-state index contributed by atoms with van der Waals surface area (Å²) in [6.45, 7) is 15.2. The number of hydrogen-bond acceptors (Lipinski definition) is 5. The van der Waals surface area contributed by atoms with Crippen LogP contribution >= 0.6 is 0 Å². The maximum atomic E-state index is 11.3. The summed E-state index contributed by atoms with van der Waals surface area (Å²) in [5.41, 5.74) is 2.94. The van der Waals surface area contributed by atoms with Gasteiger partial charge in [0.1, 0.15) is 11.6 Å². The first-order valence-corrected chi connectivity index (χ1v) is 8.77. The summed E-state index contributed by atoms with van der Waals surface area (Å²) in [7, 11) is 0. The molecule has 0 aromatic heterocycles. The van der Waals surface area contributed by atoms with E-state index < -0.39 is 0 Å². The van der Waals surface area contributed by atoms with E-state index >= 15 is 0 Å². The number of carbonyl (C=O) groups is 2. The number of likely N-dealkylation sites (tertiary alicyclic amines) is 1. The van der Waals surface area contributed by atoms with Gasteiger partial charge in [-0.2, -0.15) is 0 Å². The van der Waals surface area contributed by atoms with E-state index in [4.69, 9.17) is 9.98 Å². The standard InChI is InChI=1S/C20H31N3O2/c1-7-8-14(2)11-23-12-19(21-15(3)9-17(5)24)20(13-23)22-16(4)10-18(6)25/h7-8,19-20H,1,9-13H2,2-6H3. The molecule has 5 heteroatoms. The van der Waals surface area contributed by atoms with Crippen molar-refractivity contribution in [2.75, 3.05) is 19.6 Å². The molecule has 0 spiro atoms. The van der Waals surface area contributed by atoms with Crippen LogP contribution < -0.4 is 0 Å². The molecule has 2 atom stereocenters. The molecule has 2 unspecified atom stereocenters. The van der Waals surface area contributed by atoms with Crippen LogP contribution in [0.4, 0.5) is 0 Å². The lowest BCUT2D eigenvalue weighted by Gasteiger charge is -2.14. The minimum absolute atomic E-state index is 0.0257. The van der Waals surface area contributed by atoms with E-state index in [-0.39, 0.29) is 23.7 Å². The van der Waals surface area contributed by atoms with Gasteiger partial charge in [-0.15, -0.1) is 0 Å². The monoisotopic (exact) mass is 345 g/mol. The molecule has 138 valence electrons. The SMILES string of the molecule is C=CC=C(C)CN1CC(N=C(C)CC(C)=O)C(N=C(C)CC(C)=O)C1. The van der Waals surface area contributed by atoms with Gasteiger partial charge in [0.05, 0.1) is 12.1 Å². The third kappa shape index (κ3) is 8.16. The summed E-state index contributed by atoms with van der Waals surface area (Å²) in [6.07, 6.45) is 4.57. The van der Waals surface area contributed by atoms with Gasteiger partial charge < -0.3 is 0 Å². The van der Waals surface area contributed by atoms with Crippen molar-refractivity contribution in [2.24, 2.45) is 9.98 Å². The molecule has 0 radical (unpaired) electrons. The average Bonchev–Trinajstić information content (AvgIpc) is 2.78. The Balaban J connectivity index is 2.94. The van der Waals surface area contributed by atoms with Crippen molar-refractivity contribution < 1.29 is 9.59 Å². The normalized spacial score (nSPS) is 23.0. The molecule has 1 aliphatic rings. The molecular formula is C20H31N3O2. The summed E-state index contributed by atoms with van der Waals surface area (Å²) >= 11 is 0. The lowest BCUT2D eigenvalue weighted by molar-refractivity contribution is -0.116. The van der Waals surface area contributed by atoms with Crippen LogP contribution in [0.15, 0.2) is 34.3 Å². The zero-order chi connectivity index (χ0) is 19.0. The summed E-state index contributed by atoms with van der Waals surface area (Å²) in [5, 5.41) is 0. The zero-order valence-electron chi connectivity index (χ0n) is 16.2. The van der Waals surface area contributed by atoms with Crippen molar-refractivity contribution in [1.29, 1.82) is 0 Å². The second-order valence-electron chi connectivity index (χ2n) is 7.06. The first-order valence-electron chi connectivity index (χ1n) is 8.77. The van der Waals surface area contributed by atoms with Gasteiger partial charge in [-0.25, -0.2) is 0 Å². The van der Waals surface area contributed by atoms with E-state index in [0.29, 0.717) is 12.8 Å². The fraction of sp³-hybridized carbons (Fsp3) is 0.600. The van der Waals surface area contributed by atoms with Crippen LogP contribution in [-0.2, 0) is 9.59 Å². The first kappa shape index (κ1) is 21.2. The highest BCUT2D eigenvalue weighted by molar-refractivity contribution is 6.00. The molecule has 0 N–H and O–H groups in total. The summed E-state index contributed by atoms with van der Waals surface area (Å²) in [6, 6.07) is 0.0515. The molecule has 0 aromatic rings. The highest BCUT2D eigenvalue weighted by Gasteiger charge is 2.32. The van der Waals surface area contributed by atoms with Gasteiger partial charge in [0.25, 0.3) is 0 Å². The third-order valence-electron chi connectivity index (χ3n) is 3.99. The minimum Gasteiger partial charge on any atom is -0.300 e. The Hall–Kier alpha value is -1.88. The minimum atomic E-state index is 0.0257. The Morgan fingerprint density at radius 1 is 0.960 bits per heavy atom. The van der Waals surface area contributed by atoms with Crippen molar-refractivity contribution in [3.8, 4) is 0 Å². The zero-order valence-corrected chi connectivity index (χ0v) is 16.2. The number of carbonyl (C=O) groups excluding carboxylic acids is 2. The van der Waals surface area contributed by atoms with Crippen molar-refractivity contribution >= 4 is 23.0 Å². The highest BCUT2D eigenvalue weighted by Crippen LogP contribution is 2.19. The van der Waals surface area contributed by atoms with Gasteiger partial charge in [-0.3, -0.25) is 24.5 Å². The molecule has 25 heavy (non-hydrogen) atoms. The molecule has 0 aliphatic carbocycles. The molecule has 0 bridgehead atoms. The molecule has 0 amide bonds.